The van der Waals surface area contributed by atoms with Crippen molar-refractivity contribution in [1.29, 1.82) is 0 Å². The summed E-state index contributed by atoms with van der Waals surface area (Å²) in [4.78, 5) is 8.26. The highest BCUT2D eigenvalue weighted by molar-refractivity contribution is 5.53. The number of aromatic nitrogens is 2. The number of rotatable bonds is 2. The molecular formula is C11H9FN2. The molecule has 0 spiro atoms. The molecule has 3 heteroatoms. The molecule has 0 atom stereocenters. The van der Waals surface area contributed by atoms with Crippen LogP contribution in [0.3, 0.4) is 0 Å². The molecule has 14 heavy (non-hydrogen) atoms. The second-order valence-corrected chi connectivity index (χ2v) is 2.86. The summed E-state index contributed by atoms with van der Waals surface area (Å²) in [5, 5.41) is 0. The monoisotopic (exact) mass is 188 g/mol. The molecule has 2 aromatic rings. The minimum atomic E-state index is -0.541. The van der Waals surface area contributed by atoms with Crippen LogP contribution in [-0.2, 0) is 6.67 Å². The van der Waals surface area contributed by atoms with Gasteiger partial charge in [-0.15, -0.1) is 0 Å². The molecule has 2 heterocycles. The molecular weight excluding hydrogens is 179 g/mol. The summed E-state index contributed by atoms with van der Waals surface area (Å²) in [5.74, 6) is 0. The van der Waals surface area contributed by atoms with E-state index in [2.05, 4.69) is 9.97 Å². The maximum Gasteiger partial charge on any atom is 0.131 e. The molecule has 0 amide bonds. The average molecular weight is 188 g/mol. The zero-order valence-electron chi connectivity index (χ0n) is 7.52. The van der Waals surface area contributed by atoms with Crippen molar-refractivity contribution >= 4 is 0 Å². The summed E-state index contributed by atoms with van der Waals surface area (Å²) < 4.78 is 12.3. The van der Waals surface area contributed by atoms with E-state index >= 15 is 0 Å². The molecule has 0 radical (unpaired) electrons. The molecule has 2 nitrogen and oxygen atoms in total. The van der Waals surface area contributed by atoms with Crippen LogP contribution in [0.1, 0.15) is 5.69 Å². The Morgan fingerprint density at radius 1 is 1.00 bits per heavy atom. The predicted octanol–water partition coefficient (Wildman–Crippen LogP) is 2.61. The number of hydrogen-bond donors (Lipinski definition) is 0. The van der Waals surface area contributed by atoms with E-state index in [4.69, 9.17) is 0 Å². The Balaban J connectivity index is 2.42. The van der Waals surface area contributed by atoms with E-state index in [1.54, 1.807) is 18.3 Å². The van der Waals surface area contributed by atoms with Crippen molar-refractivity contribution in [2.75, 3.05) is 0 Å². The van der Waals surface area contributed by atoms with Crippen LogP contribution in [0, 0.1) is 0 Å². The van der Waals surface area contributed by atoms with Gasteiger partial charge in [-0.3, -0.25) is 4.98 Å². The van der Waals surface area contributed by atoms with Gasteiger partial charge in [0, 0.05) is 6.20 Å². The minimum Gasteiger partial charge on any atom is -0.255 e. The molecule has 0 aromatic carbocycles. The Bertz CT molecular complexity index is 415. The van der Waals surface area contributed by atoms with Gasteiger partial charge in [-0.05, 0) is 24.3 Å². The summed E-state index contributed by atoms with van der Waals surface area (Å²) in [6.45, 7) is -0.541. The van der Waals surface area contributed by atoms with Gasteiger partial charge in [0.15, 0.2) is 0 Å². The van der Waals surface area contributed by atoms with Crippen LogP contribution in [0.25, 0.3) is 11.4 Å². The summed E-state index contributed by atoms with van der Waals surface area (Å²) in [6.07, 6.45) is 1.69. The number of pyridine rings is 2. The molecule has 0 saturated heterocycles. The Hall–Kier alpha value is -1.77. The number of hydrogen-bond acceptors (Lipinski definition) is 2. The van der Waals surface area contributed by atoms with E-state index in [1.165, 1.54) is 0 Å². The Kier molecular flexibility index (Phi) is 2.49. The van der Waals surface area contributed by atoms with Crippen LogP contribution in [0.2, 0.25) is 0 Å². The van der Waals surface area contributed by atoms with Gasteiger partial charge < -0.3 is 0 Å². The highest BCUT2D eigenvalue weighted by atomic mass is 19.1. The Morgan fingerprint density at radius 2 is 1.86 bits per heavy atom. The standard InChI is InChI=1S/C11H9FN2/c12-8-9-4-3-6-11(14-9)10-5-1-2-7-13-10/h1-7H,8H2. The zero-order chi connectivity index (χ0) is 9.80. The number of nitrogens with zero attached hydrogens (tertiary/aromatic N) is 2. The van der Waals surface area contributed by atoms with Gasteiger partial charge in [-0.25, -0.2) is 9.37 Å². The predicted molar refractivity (Wildman–Crippen MR) is 52.3 cm³/mol. The smallest absolute Gasteiger partial charge is 0.131 e. The van der Waals surface area contributed by atoms with Crippen molar-refractivity contribution in [2.45, 2.75) is 6.67 Å². The van der Waals surface area contributed by atoms with Gasteiger partial charge in [0.05, 0.1) is 17.1 Å². The highest BCUT2D eigenvalue weighted by Crippen LogP contribution is 2.13. The molecule has 0 aliphatic carbocycles. The maximum atomic E-state index is 12.3. The van der Waals surface area contributed by atoms with E-state index in [9.17, 15) is 4.39 Å². The van der Waals surface area contributed by atoms with Gasteiger partial charge >= 0.3 is 0 Å². The molecule has 0 aliphatic heterocycles. The van der Waals surface area contributed by atoms with Crippen LogP contribution in [-0.4, -0.2) is 9.97 Å². The normalized spacial score (nSPS) is 10.1. The first-order chi connectivity index (χ1) is 6.90. The topological polar surface area (TPSA) is 25.8 Å². The van der Waals surface area contributed by atoms with E-state index < -0.39 is 6.67 Å². The van der Waals surface area contributed by atoms with Gasteiger partial charge in [0.25, 0.3) is 0 Å². The largest absolute Gasteiger partial charge is 0.255 e. The molecule has 70 valence electrons. The molecule has 0 fully saturated rings. The van der Waals surface area contributed by atoms with E-state index in [-0.39, 0.29) is 0 Å². The summed E-state index contributed by atoms with van der Waals surface area (Å²) in [7, 11) is 0. The fourth-order valence-electron chi connectivity index (χ4n) is 1.21. The Morgan fingerprint density at radius 3 is 2.57 bits per heavy atom. The minimum absolute atomic E-state index is 0.438. The SMILES string of the molecule is FCc1cccc(-c2ccccn2)n1. The van der Waals surface area contributed by atoms with Crippen LogP contribution >= 0.6 is 0 Å². The molecule has 0 unspecified atom stereocenters. The lowest BCUT2D eigenvalue weighted by atomic mass is 10.2. The third-order valence-electron chi connectivity index (χ3n) is 1.87. The second-order valence-electron chi connectivity index (χ2n) is 2.86. The zero-order valence-corrected chi connectivity index (χ0v) is 7.52. The number of alkyl halides is 1. The Labute approximate surface area is 81.5 Å². The first-order valence-electron chi connectivity index (χ1n) is 4.33. The average Bonchev–Trinajstić information content (AvgIpc) is 2.30. The molecule has 2 aromatic heterocycles. The lowest BCUT2D eigenvalue weighted by molar-refractivity contribution is 0.476. The number of halogens is 1. The van der Waals surface area contributed by atoms with Gasteiger partial charge in [-0.2, -0.15) is 0 Å². The van der Waals surface area contributed by atoms with Crippen molar-refractivity contribution in [3.63, 3.8) is 0 Å². The van der Waals surface area contributed by atoms with E-state index in [1.807, 2.05) is 24.3 Å². The third-order valence-corrected chi connectivity index (χ3v) is 1.87. The van der Waals surface area contributed by atoms with Crippen molar-refractivity contribution in [1.82, 2.24) is 9.97 Å². The van der Waals surface area contributed by atoms with Gasteiger partial charge in [0.1, 0.15) is 6.67 Å². The van der Waals surface area contributed by atoms with Crippen molar-refractivity contribution in [3.05, 3.63) is 48.3 Å². The lowest BCUT2D eigenvalue weighted by Crippen LogP contribution is -1.90. The quantitative estimate of drug-likeness (QED) is 0.724. The molecule has 0 bridgehead atoms. The lowest BCUT2D eigenvalue weighted by Gasteiger charge is -2.00. The van der Waals surface area contributed by atoms with Gasteiger partial charge in [-0.1, -0.05) is 12.1 Å². The van der Waals surface area contributed by atoms with Crippen molar-refractivity contribution in [3.8, 4) is 11.4 Å². The molecule has 0 N–H and O–H groups in total. The summed E-state index contributed by atoms with van der Waals surface area (Å²) >= 11 is 0. The van der Waals surface area contributed by atoms with Crippen molar-refractivity contribution in [2.24, 2.45) is 0 Å². The van der Waals surface area contributed by atoms with Gasteiger partial charge in [0.2, 0.25) is 0 Å². The second kappa shape index (κ2) is 3.96. The van der Waals surface area contributed by atoms with Crippen LogP contribution in [0.15, 0.2) is 42.6 Å². The summed E-state index contributed by atoms with van der Waals surface area (Å²) in [6, 6.07) is 10.8. The molecule has 0 saturated carbocycles. The maximum absolute atomic E-state index is 12.3. The summed E-state index contributed by atoms with van der Waals surface area (Å²) in [5.41, 5.74) is 1.91. The fraction of sp³-hybridized carbons (Fsp3) is 0.0909. The fourth-order valence-corrected chi connectivity index (χ4v) is 1.21. The molecule has 0 aliphatic rings. The molecule has 2 rings (SSSR count). The first-order valence-corrected chi connectivity index (χ1v) is 4.33. The van der Waals surface area contributed by atoms with Crippen LogP contribution in [0.5, 0.6) is 0 Å². The van der Waals surface area contributed by atoms with E-state index in [0.717, 1.165) is 5.69 Å². The van der Waals surface area contributed by atoms with Crippen LogP contribution in [0.4, 0.5) is 4.39 Å². The first kappa shape index (κ1) is 8.81. The third kappa shape index (κ3) is 1.76. The van der Waals surface area contributed by atoms with E-state index in [0.29, 0.717) is 11.4 Å². The van der Waals surface area contributed by atoms with Crippen LogP contribution < -0.4 is 0 Å². The highest BCUT2D eigenvalue weighted by Gasteiger charge is 2.00. The van der Waals surface area contributed by atoms with Crippen molar-refractivity contribution < 1.29 is 4.39 Å².